The molecule has 110 valence electrons. The molecule has 1 aliphatic carbocycles. The largest absolute Gasteiger partial charge is 0.378 e. The third-order valence-corrected chi connectivity index (χ3v) is 4.55. The maximum absolute atomic E-state index is 12.7. The van der Waals surface area contributed by atoms with Crippen molar-refractivity contribution in [1.82, 2.24) is 10.3 Å². The van der Waals surface area contributed by atoms with Crippen LogP contribution in [0.25, 0.3) is 0 Å². The molecule has 2 atom stereocenters. The molecule has 1 fully saturated rings. The molecule has 5 nitrogen and oxygen atoms in total. The molecule has 1 aromatic rings. The van der Waals surface area contributed by atoms with E-state index in [4.69, 9.17) is 4.74 Å². The van der Waals surface area contributed by atoms with E-state index < -0.39 is 5.82 Å². The summed E-state index contributed by atoms with van der Waals surface area (Å²) in [5, 5.41) is 5.48. The molecule has 0 radical (unpaired) electrons. The summed E-state index contributed by atoms with van der Waals surface area (Å²) in [5.74, 6) is -0.123. The van der Waals surface area contributed by atoms with E-state index in [1.54, 1.807) is 7.11 Å². The molecule has 0 saturated heterocycles. The van der Waals surface area contributed by atoms with Gasteiger partial charge < -0.3 is 10.1 Å². The monoisotopic (exact) mass is 281 g/mol. The molecule has 2 rings (SSSR count). The molecular formula is C14H20FN3O2. The highest BCUT2D eigenvalue weighted by Crippen LogP contribution is 2.51. The quantitative estimate of drug-likeness (QED) is 0.895. The second kappa shape index (κ2) is 5.01. The highest BCUT2D eigenvalue weighted by molar-refractivity contribution is 5.88. The second-order valence-corrected chi connectivity index (χ2v) is 5.87. The summed E-state index contributed by atoms with van der Waals surface area (Å²) in [5.41, 5.74) is -0.394. The van der Waals surface area contributed by atoms with Crippen LogP contribution < -0.4 is 10.6 Å². The zero-order valence-electron chi connectivity index (χ0n) is 12.2. The molecule has 0 unspecified atom stereocenters. The van der Waals surface area contributed by atoms with Gasteiger partial charge in [0.05, 0.1) is 11.8 Å². The van der Waals surface area contributed by atoms with Crippen LogP contribution in [0.3, 0.4) is 0 Å². The number of anilines is 1. The number of amides is 2. The first-order valence-electron chi connectivity index (χ1n) is 6.53. The number of hydrogen-bond acceptors (Lipinski definition) is 3. The summed E-state index contributed by atoms with van der Waals surface area (Å²) >= 11 is 0. The Balaban J connectivity index is 1.92. The molecule has 0 bridgehead atoms. The Labute approximate surface area is 117 Å². The van der Waals surface area contributed by atoms with E-state index in [2.05, 4.69) is 29.5 Å². The fraction of sp³-hybridized carbons (Fsp3) is 0.571. The van der Waals surface area contributed by atoms with Crippen LogP contribution >= 0.6 is 0 Å². The Kier molecular flexibility index (Phi) is 3.69. The van der Waals surface area contributed by atoms with Gasteiger partial charge in [-0.3, -0.25) is 5.32 Å². The van der Waals surface area contributed by atoms with E-state index >= 15 is 0 Å². The summed E-state index contributed by atoms with van der Waals surface area (Å²) in [6, 6.07) is 2.34. The molecule has 0 aromatic carbocycles. The lowest BCUT2D eigenvalue weighted by atomic mass is 9.56. The lowest BCUT2D eigenvalue weighted by Gasteiger charge is -2.58. The van der Waals surface area contributed by atoms with E-state index in [0.717, 1.165) is 12.6 Å². The number of nitrogens with zero attached hydrogens (tertiary/aromatic N) is 1. The Bertz CT molecular complexity index is 504. The maximum Gasteiger partial charge on any atom is 0.320 e. The molecule has 1 aliphatic rings. The molecule has 0 spiro atoms. The standard InChI is InChI=1S/C14H20FN3O2/c1-13(2)10(7-14(13,3)20-4)17-12(19)18-11-6-5-9(15)8-16-11/h5-6,8,10H,7H2,1-4H3,(H2,16,17,18,19)/t10-,14-/m0/s1. The fourth-order valence-electron chi connectivity index (χ4n) is 2.48. The molecule has 1 heterocycles. The van der Waals surface area contributed by atoms with E-state index in [-0.39, 0.29) is 23.1 Å². The first-order chi connectivity index (χ1) is 9.28. The maximum atomic E-state index is 12.7. The van der Waals surface area contributed by atoms with Gasteiger partial charge in [-0.05, 0) is 25.5 Å². The van der Waals surface area contributed by atoms with Crippen LogP contribution in [0.5, 0.6) is 0 Å². The van der Waals surface area contributed by atoms with Crippen LogP contribution in [0.2, 0.25) is 0 Å². The van der Waals surface area contributed by atoms with Gasteiger partial charge in [0.15, 0.2) is 0 Å². The summed E-state index contributed by atoms with van der Waals surface area (Å²) in [4.78, 5) is 15.7. The van der Waals surface area contributed by atoms with Crippen LogP contribution in [0.4, 0.5) is 15.0 Å². The zero-order chi connectivity index (χ0) is 15.0. The first kappa shape index (κ1) is 14.7. The lowest BCUT2D eigenvalue weighted by Crippen LogP contribution is -2.68. The predicted octanol–water partition coefficient (Wildman–Crippen LogP) is 2.55. The number of methoxy groups -OCH3 is 1. The minimum Gasteiger partial charge on any atom is -0.378 e. The number of nitrogens with one attached hydrogen (secondary N) is 2. The van der Waals surface area contributed by atoms with E-state index in [1.165, 1.54) is 12.1 Å². The highest BCUT2D eigenvalue weighted by Gasteiger charge is 2.58. The third-order valence-electron chi connectivity index (χ3n) is 4.55. The second-order valence-electron chi connectivity index (χ2n) is 5.87. The minimum atomic E-state index is -0.438. The molecule has 2 N–H and O–H groups in total. The number of ether oxygens (including phenoxy) is 1. The number of halogens is 1. The highest BCUT2D eigenvalue weighted by atomic mass is 19.1. The summed E-state index contributed by atoms with van der Waals surface area (Å²) < 4.78 is 18.2. The SMILES string of the molecule is CO[C@@]1(C)C[C@H](NC(=O)Nc2ccc(F)cn2)C1(C)C. The average Bonchev–Trinajstić information content (AvgIpc) is 2.40. The van der Waals surface area contributed by atoms with Crippen molar-refractivity contribution in [3.05, 3.63) is 24.1 Å². The number of rotatable bonds is 3. The fourth-order valence-corrected chi connectivity index (χ4v) is 2.48. The summed E-state index contributed by atoms with van der Waals surface area (Å²) in [7, 11) is 1.68. The van der Waals surface area contributed by atoms with Gasteiger partial charge in [0, 0.05) is 18.6 Å². The molecule has 2 amide bonds. The number of urea groups is 1. The first-order valence-corrected chi connectivity index (χ1v) is 6.53. The molecular weight excluding hydrogens is 261 g/mol. The van der Waals surface area contributed by atoms with Gasteiger partial charge in [0.25, 0.3) is 0 Å². The van der Waals surface area contributed by atoms with Crippen molar-refractivity contribution >= 4 is 11.8 Å². The van der Waals surface area contributed by atoms with Crippen LogP contribution in [0.1, 0.15) is 27.2 Å². The van der Waals surface area contributed by atoms with Crippen molar-refractivity contribution < 1.29 is 13.9 Å². The van der Waals surface area contributed by atoms with Gasteiger partial charge in [-0.25, -0.2) is 14.2 Å². The lowest BCUT2D eigenvalue weighted by molar-refractivity contribution is -0.177. The Morgan fingerprint density at radius 2 is 2.15 bits per heavy atom. The van der Waals surface area contributed by atoms with Gasteiger partial charge in [-0.15, -0.1) is 0 Å². The van der Waals surface area contributed by atoms with Crippen molar-refractivity contribution in [1.29, 1.82) is 0 Å². The number of pyridine rings is 1. The van der Waals surface area contributed by atoms with Crippen molar-refractivity contribution in [2.75, 3.05) is 12.4 Å². The van der Waals surface area contributed by atoms with Crippen molar-refractivity contribution in [3.8, 4) is 0 Å². The normalized spacial score (nSPS) is 27.6. The van der Waals surface area contributed by atoms with Gasteiger partial charge in [0.2, 0.25) is 0 Å². The van der Waals surface area contributed by atoms with Gasteiger partial charge in [-0.2, -0.15) is 0 Å². The van der Waals surface area contributed by atoms with Crippen LogP contribution in [-0.4, -0.2) is 29.8 Å². The molecule has 20 heavy (non-hydrogen) atoms. The van der Waals surface area contributed by atoms with Crippen molar-refractivity contribution in [2.45, 2.75) is 38.8 Å². The minimum absolute atomic E-state index is 0.0212. The Hall–Kier alpha value is -1.69. The molecule has 6 heteroatoms. The van der Waals surface area contributed by atoms with Crippen LogP contribution in [0, 0.1) is 11.2 Å². The van der Waals surface area contributed by atoms with Gasteiger partial charge in [-0.1, -0.05) is 13.8 Å². The summed E-state index contributed by atoms with van der Waals surface area (Å²) in [6.45, 7) is 6.15. The third kappa shape index (κ3) is 2.47. The predicted molar refractivity (Wildman–Crippen MR) is 73.9 cm³/mol. The number of carbonyl (C=O) groups is 1. The smallest absolute Gasteiger partial charge is 0.320 e. The van der Waals surface area contributed by atoms with Gasteiger partial charge in [0.1, 0.15) is 11.6 Å². The van der Waals surface area contributed by atoms with E-state index in [9.17, 15) is 9.18 Å². The van der Waals surface area contributed by atoms with Gasteiger partial charge >= 0.3 is 6.03 Å². The van der Waals surface area contributed by atoms with Crippen LogP contribution in [0.15, 0.2) is 18.3 Å². The molecule has 1 aromatic heterocycles. The van der Waals surface area contributed by atoms with Crippen molar-refractivity contribution in [3.63, 3.8) is 0 Å². The Morgan fingerprint density at radius 1 is 1.45 bits per heavy atom. The number of carbonyl (C=O) groups excluding carboxylic acids is 1. The van der Waals surface area contributed by atoms with Crippen molar-refractivity contribution in [2.24, 2.45) is 5.41 Å². The zero-order valence-corrected chi connectivity index (χ0v) is 12.2. The van der Waals surface area contributed by atoms with E-state index in [1.807, 2.05) is 6.92 Å². The molecule has 0 aliphatic heterocycles. The molecule has 1 saturated carbocycles. The number of aromatic nitrogens is 1. The van der Waals surface area contributed by atoms with Crippen LogP contribution in [-0.2, 0) is 4.74 Å². The average molecular weight is 281 g/mol. The summed E-state index contributed by atoms with van der Waals surface area (Å²) in [6.07, 6.45) is 1.81. The van der Waals surface area contributed by atoms with E-state index in [0.29, 0.717) is 5.82 Å². The number of hydrogen-bond donors (Lipinski definition) is 2. The Morgan fingerprint density at radius 3 is 2.65 bits per heavy atom. The topological polar surface area (TPSA) is 63.2 Å².